The molecule has 1 rings (SSSR count). The summed E-state index contributed by atoms with van der Waals surface area (Å²) in [5.41, 5.74) is 0.0266. The largest absolute Gasteiger partial charge is 0.491 e. The summed E-state index contributed by atoms with van der Waals surface area (Å²) in [6.45, 7) is 2.76. The fourth-order valence-electron chi connectivity index (χ4n) is 1.48. The maximum absolute atomic E-state index is 10.7. The molecule has 0 aliphatic heterocycles. The lowest BCUT2D eigenvalue weighted by Crippen LogP contribution is -2.05. The average Bonchev–Trinajstić information content (AvgIpc) is 2.32. The van der Waals surface area contributed by atoms with Crippen LogP contribution in [0, 0.1) is 16.0 Å². The van der Waals surface area contributed by atoms with Crippen LogP contribution in [0.5, 0.6) is 5.75 Å². The molecule has 0 heterocycles. The molecule has 1 unspecified atom stereocenters. The lowest BCUT2D eigenvalue weighted by Gasteiger charge is -2.13. The Balaban J connectivity index is 2.66. The Morgan fingerprint density at radius 3 is 2.37 bits per heavy atom. The van der Waals surface area contributed by atoms with Crippen molar-refractivity contribution in [3.63, 3.8) is 0 Å². The molecule has 0 fully saturated rings. The molecule has 0 aliphatic carbocycles. The Morgan fingerprint density at radius 2 is 1.89 bits per heavy atom. The van der Waals surface area contributed by atoms with Crippen LogP contribution in [0.3, 0.4) is 0 Å². The number of nitro groups is 1. The third kappa shape index (κ3) is 5.39. The first-order valence-corrected chi connectivity index (χ1v) is 8.48. The SMILES string of the molecule is CC(CCBr)CCOc1c(Br)cc([N+](=O)[O-])cc1Br. The third-order valence-corrected chi connectivity index (χ3v) is 4.29. The van der Waals surface area contributed by atoms with Gasteiger partial charge in [-0.05, 0) is 50.6 Å². The summed E-state index contributed by atoms with van der Waals surface area (Å²) >= 11 is 10.0. The van der Waals surface area contributed by atoms with Crippen molar-refractivity contribution in [1.29, 1.82) is 0 Å². The van der Waals surface area contributed by atoms with Gasteiger partial charge >= 0.3 is 0 Å². The maximum Gasteiger partial charge on any atom is 0.271 e. The number of halogens is 3. The van der Waals surface area contributed by atoms with Gasteiger partial charge in [-0.3, -0.25) is 10.1 Å². The Labute approximate surface area is 137 Å². The van der Waals surface area contributed by atoms with Gasteiger partial charge in [0.1, 0.15) is 5.75 Å². The monoisotopic (exact) mass is 457 g/mol. The first-order chi connectivity index (χ1) is 8.95. The van der Waals surface area contributed by atoms with E-state index in [4.69, 9.17) is 4.74 Å². The van der Waals surface area contributed by atoms with Gasteiger partial charge in [0.05, 0.1) is 20.5 Å². The molecule has 106 valence electrons. The minimum atomic E-state index is -0.433. The molecular weight excluding hydrogens is 446 g/mol. The molecule has 0 aliphatic rings. The van der Waals surface area contributed by atoms with E-state index in [1.807, 2.05) is 0 Å². The second kappa shape index (κ2) is 8.21. The topological polar surface area (TPSA) is 52.4 Å². The second-order valence-corrected chi connectivity index (χ2v) is 6.72. The van der Waals surface area contributed by atoms with Crippen LogP contribution >= 0.6 is 47.8 Å². The first kappa shape index (κ1) is 16.9. The predicted octanol–water partition coefficient (Wildman–Crippen LogP) is 5.31. The molecule has 1 aromatic carbocycles. The number of alkyl halides is 1. The normalized spacial score (nSPS) is 12.2. The van der Waals surface area contributed by atoms with Crippen LogP contribution in [0.25, 0.3) is 0 Å². The molecule has 0 aromatic heterocycles. The number of non-ortho nitro benzene ring substituents is 1. The highest BCUT2D eigenvalue weighted by Gasteiger charge is 2.15. The van der Waals surface area contributed by atoms with Crippen molar-refractivity contribution in [3.05, 3.63) is 31.2 Å². The Kier molecular flexibility index (Phi) is 7.31. The molecule has 7 heteroatoms. The molecule has 1 aromatic rings. The second-order valence-electron chi connectivity index (χ2n) is 4.22. The molecule has 0 bridgehead atoms. The zero-order valence-electron chi connectivity index (χ0n) is 10.4. The van der Waals surface area contributed by atoms with Crippen molar-refractivity contribution in [2.75, 3.05) is 11.9 Å². The molecule has 4 nitrogen and oxygen atoms in total. The smallest absolute Gasteiger partial charge is 0.271 e. The zero-order valence-corrected chi connectivity index (χ0v) is 15.1. The van der Waals surface area contributed by atoms with Gasteiger partial charge in [0.15, 0.2) is 0 Å². The summed E-state index contributed by atoms with van der Waals surface area (Å²) in [4.78, 5) is 10.3. The average molecular weight is 460 g/mol. The predicted molar refractivity (Wildman–Crippen MR) is 86.2 cm³/mol. The molecule has 0 saturated carbocycles. The van der Waals surface area contributed by atoms with E-state index in [1.165, 1.54) is 12.1 Å². The Morgan fingerprint density at radius 1 is 1.32 bits per heavy atom. The standard InChI is InChI=1S/C12H14Br3NO3/c1-8(2-4-13)3-5-19-12-10(14)6-9(16(17)18)7-11(12)15/h6-8H,2-5H2,1H3. The molecule has 1 atom stereocenters. The molecule has 0 saturated heterocycles. The van der Waals surface area contributed by atoms with Gasteiger partial charge in [0.2, 0.25) is 0 Å². The fourth-order valence-corrected chi connectivity index (χ4v) is 3.66. The summed E-state index contributed by atoms with van der Waals surface area (Å²) < 4.78 is 6.86. The van der Waals surface area contributed by atoms with Gasteiger partial charge in [0.25, 0.3) is 5.69 Å². The van der Waals surface area contributed by atoms with Crippen LogP contribution in [0.15, 0.2) is 21.1 Å². The molecule has 0 spiro atoms. The Hall–Kier alpha value is -0.140. The van der Waals surface area contributed by atoms with E-state index in [1.54, 1.807) is 0 Å². The van der Waals surface area contributed by atoms with Gasteiger partial charge in [-0.15, -0.1) is 0 Å². The van der Waals surface area contributed by atoms with E-state index in [0.29, 0.717) is 27.2 Å². The van der Waals surface area contributed by atoms with Crippen molar-refractivity contribution in [2.45, 2.75) is 19.8 Å². The molecule has 19 heavy (non-hydrogen) atoms. The minimum Gasteiger partial charge on any atom is -0.491 e. The zero-order chi connectivity index (χ0) is 14.4. The van der Waals surface area contributed by atoms with Gasteiger partial charge in [-0.2, -0.15) is 0 Å². The van der Waals surface area contributed by atoms with Crippen molar-refractivity contribution >= 4 is 53.5 Å². The Bertz CT molecular complexity index is 431. The number of nitrogens with zero attached hydrogens (tertiary/aromatic N) is 1. The molecule has 0 radical (unpaired) electrons. The summed E-state index contributed by atoms with van der Waals surface area (Å²) in [7, 11) is 0. The van der Waals surface area contributed by atoms with Crippen LogP contribution < -0.4 is 4.74 Å². The number of ether oxygens (including phenoxy) is 1. The minimum absolute atomic E-state index is 0.0266. The lowest BCUT2D eigenvalue weighted by atomic mass is 10.1. The van der Waals surface area contributed by atoms with Crippen LogP contribution in [-0.2, 0) is 0 Å². The van der Waals surface area contributed by atoms with Crippen molar-refractivity contribution in [3.8, 4) is 5.75 Å². The van der Waals surface area contributed by atoms with Gasteiger partial charge < -0.3 is 4.74 Å². The van der Waals surface area contributed by atoms with E-state index >= 15 is 0 Å². The van der Waals surface area contributed by atoms with Crippen LogP contribution in [-0.4, -0.2) is 16.9 Å². The maximum atomic E-state index is 10.7. The molecular formula is C12H14Br3NO3. The summed E-state index contributed by atoms with van der Waals surface area (Å²) in [6, 6.07) is 2.89. The van der Waals surface area contributed by atoms with Crippen molar-refractivity contribution < 1.29 is 9.66 Å². The van der Waals surface area contributed by atoms with E-state index < -0.39 is 4.92 Å². The molecule has 0 N–H and O–H groups in total. The number of hydrogen-bond acceptors (Lipinski definition) is 3. The number of benzene rings is 1. The number of hydrogen-bond donors (Lipinski definition) is 0. The fraction of sp³-hybridized carbons (Fsp3) is 0.500. The molecule has 0 amide bonds. The lowest BCUT2D eigenvalue weighted by molar-refractivity contribution is -0.385. The van der Waals surface area contributed by atoms with Crippen LogP contribution in [0.1, 0.15) is 19.8 Å². The van der Waals surface area contributed by atoms with Crippen LogP contribution in [0.4, 0.5) is 5.69 Å². The highest BCUT2D eigenvalue weighted by atomic mass is 79.9. The quantitative estimate of drug-likeness (QED) is 0.315. The first-order valence-electron chi connectivity index (χ1n) is 5.78. The van der Waals surface area contributed by atoms with Crippen LogP contribution in [0.2, 0.25) is 0 Å². The summed E-state index contributed by atoms with van der Waals surface area (Å²) in [5, 5.41) is 11.7. The van der Waals surface area contributed by atoms with E-state index in [-0.39, 0.29) is 5.69 Å². The van der Waals surface area contributed by atoms with Gasteiger partial charge in [-0.1, -0.05) is 22.9 Å². The summed E-state index contributed by atoms with van der Waals surface area (Å²) in [6.07, 6.45) is 2.05. The number of rotatable bonds is 7. The van der Waals surface area contributed by atoms with E-state index in [0.717, 1.165) is 18.2 Å². The summed E-state index contributed by atoms with van der Waals surface area (Å²) in [5.74, 6) is 1.19. The van der Waals surface area contributed by atoms with E-state index in [2.05, 4.69) is 54.7 Å². The van der Waals surface area contributed by atoms with Crippen molar-refractivity contribution in [2.24, 2.45) is 5.92 Å². The van der Waals surface area contributed by atoms with Gasteiger partial charge in [-0.25, -0.2) is 0 Å². The third-order valence-electron chi connectivity index (χ3n) is 2.65. The van der Waals surface area contributed by atoms with Gasteiger partial charge in [0, 0.05) is 17.5 Å². The highest BCUT2D eigenvalue weighted by molar-refractivity contribution is 9.11. The highest BCUT2D eigenvalue weighted by Crippen LogP contribution is 2.37. The van der Waals surface area contributed by atoms with E-state index in [9.17, 15) is 10.1 Å². The number of nitro benzene ring substituents is 1. The van der Waals surface area contributed by atoms with Crippen molar-refractivity contribution in [1.82, 2.24) is 0 Å².